The van der Waals surface area contributed by atoms with Crippen LogP contribution >= 0.6 is 11.6 Å². The Morgan fingerprint density at radius 2 is 2.20 bits per heavy atom. The Morgan fingerprint density at radius 3 is 2.80 bits per heavy atom. The number of esters is 1. The minimum absolute atomic E-state index is 0.407. The third kappa shape index (κ3) is 3.28. The zero-order valence-corrected chi connectivity index (χ0v) is 8.78. The molecular weight excluding hydrogens is 216 g/mol. The van der Waals surface area contributed by atoms with Gasteiger partial charge in [0.1, 0.15) is 6.10 Å². The van der Waals surface area contributed by atoms with E-state index in [-0.39, 0.29) is 0 Å². The van der Waals surface area contributed by atoms with Crippen LogP contribution in [0, 0.1) is 11.8 Å². The van der Waals surface area contributed by atoms with E-state index in [0.717, 1.165) is 0 Å². The van der Waals surface area contributed by atoms with Gasteiger partial charge in [-0.05, 0) is 6.07 Å². The van der Waals surface area contributed by atoms with Gasteiger partial charge in [-0.25, -0.2) is 4.79 Å². The smallest absolute Gasteiger partial charge is 0.384 e. The second kappa shape index (κ2) is 5.40. The van der Waals surface area contributed by atoms with Gasteiger partial charge >= 0.3 is 5.97 Å². The zero-order valence-electron chi connectivity index (χ0n) is 8.03. The van der Waals surface area contributed by atoms with Crippen molar-refractivity contribution in [2.24, 2.45) is 0 Å². The molecule has 0 fully saturated rings. The van der Waals surface area contributed by atoms with E-state index in [2.05, 4.69) is 16.6 Å². The van der Waals surface area contributed by atoms with Gasteiger partial charge in [-0.1, -0.05) is 35.7 Å². The van der Waals surface area contributed by atoms with Crippen LogP contribution in [-0.2, 0) is 9.53 Å². The van der Waals surface area contributed by atoms with Crippen LogP contribution in [0.2, 0.25) is 5.02 Å². The van der Waals surface area contributed by atoms with Crippen molar-refractivity contribution in [2.45, 2.75) is 6.10 Å². The molecule has 1 rings (SSSR count). The Bertz CT molecular complexity index is 417. The van der Waals surface area contributed by atoms with Crippen LogP contribution in [0.3, 0.4) is 0 Å². The molecule has 0 saturated heterocycles. The van der Waals surface area contributed by atoms with Gasteiger partial charge in [0.05, 0.1) is 7.11 Å². The van der Waals surface area contributed by atoms with Crippen LogP contribution in [0.15, 0.2) is 24.3 Å². The van der Waals surface area contributed by atoms with Gasteiger partial charge in [0, 0.05) is 16.5 Å². The van der Waals surface area contributed by atoms with E-state index in [9.17, 15) is 9.90 Å². The Kier molecular flexibility index (Phi) is 4.17. The minimum Gasteiger partial charge on any atom is -0.459 e. The van der Waals surface area contributed by atoms with Crippen LogP contribution in [-0.4, -0.2) is 18.2 Å². The Hall–Kier alpha value is -1.50. The maximum absolute atomic E-state index is 10.7. The Labute approximate surface area is 92.6 Å². The molecule has 0 radical (unpaired) electrons. The van der Waals surface area contributed by atoms with E-state index < -0.39 is 12.1 Å². The van der Waals surface area contributed by atoms with Crippen molar-refractivity contribution in [1.82, 2.24) is 0 Å². The van der Waals surface area contributed by atoms with E-state index in [1.807, 2.05) is 0 Å². The molecular formula is C11H9ClO3. The first kappa shape index (κ1) is 11.6. The molecule has 1 unspecified atom stereocenters. The molecule has 0 aliphatic rings. The number of hydrogen-bond acceptors (Lipinski definition) is 3. The molecule has 0 heterocycles. The topological polar surface area (TPSA) is 46.5 Å². The molecule has 1 aromatic rings. The predicted octanol–water partition coefficient (Wildman–Crippen LogP) is 1.55. The van der Waals surface area contributed by atoms with Crippen LogP contribution in [0.25, 0.3) is 0 Å². The summed E-state index contributed by atoms with van der Waals surface area (Å²) in [6.07, 6.45) is -1.09. The first-order valence-corrected chi connectivity index (χ1v) is 4.55. The van der Waals surface area contributed by atoms with Crippen molar-refractivity contribution in [2.75, 3.05) is 7.11 Å². The highest BCUT2D eigenvalue weighted by molar-refractivity contribution is 6.31. The van der Waals surface area contributed by atoms with Crippen molar-refractivity contribution in [1.29, 1.82) is 0 Å². The van der Waals surface area contributed by atoms with Crippen molar-refractivity contribution in [3.8, 4) is 11.8 Å². The number of aliphatic hydroxyl groups excluding tert-OH is 1. The summed E-state index contributed by atoms with van der Waals surface area (Å²) in [6, 6.07) is 6.75. The number of halogens is 1. The predicted molar refractivity (Wildman–Crippen MR) is 56.2 cm³/mol. The summed E-state index contributed by atoms with van der Waals surface area (Å²) >= 11 is 5.82. The van der Waals surface area contributed by atoms with Crippen molar-refractivity contribution < 1.29 is 14.6 Å². The van der Waals surface area contributed by atoms with Crippen LogP contribution < -0.4 is 0 Å². The fourth-order valence-corrected chi connectivity index (χ4v) is 1.19. The number of hydrogen-bond donors (Lipinski definition) is 1. The van der Waals surface area contributed by atoms with E-state index in [4.69, 9.17) is 11.6 Å². The third-order valence-corrected chi connectivity index (χ3v) is 2.04. The SMILES string of the molecule is COC(=O)C#CC(O)c1ccccc1Cl. The largest absolute Gasteiger partial charge is 0.459 e. The lowest BCUT2D eigenvalue weighted by Crippen LogP contribution is -1.98. The summed E-state index contributed by atoms with van der Waals surface area (Å²) < 4.78 is 4.31. The molecule has 0 aliphatic carbocycles. The molecule has 4 heteroatoms. The molecule has 1 aromatic carbocycles. The quantitative estimate of drug-likeness (QED) is 0.447. The highest BCUT2D eigenvalue weighted by atomic mass is 35.5. The lowest BCUT2D eigenvalue weighted by Gasteiger charge is -2.04. The lowest BCUT2D eigenvalue weighted by molar-refractivity contribution is -0.133. The molecule has 3 nitrogen and oxygen atoms in total. The third-order valence-electron chi connectivity index (χ3n) is 1.70. The molecule has 0 amide bonds. The number of methoxy groups -OCH3 is 1. The number of rotatable bonds is 1. The highest BCUT2D eigenvalue weighted by Gasteiger charge is 2.07. The van der Waals surface area contributed by atoms with E-state index in [1.54, 1.807) is 24.3 Å². The molecule has 0 aromatic heterocycles. The summed E-state index contributed by atoms with van der Waals surface area (Å²) in [6.45, 7) is 0. The lowest BCUT2D eigenvalue weighted by atomic mass is 10.1. The summed E-state index contributed by atoms with van der Waals surface area (Å²) in [5.74, 6) is 3.78. The minimum atomic E-state index is -1.09. The maximum Gasteiger partial charge on any atom is 0.384 e. The highest BCUT2D eigenvalue weighted by Crippen LogP contribution is 2.21. The Morgan fingerprint density at radius 1 is 1.53 bits per heavy atom. The van der Waals surface area contributed by atoms with Gasteiger partial charge in [-0.2, -0.15) is 0 Å². The van der Waals surface area contributed by atoms with Gasteiger partial charge in [-0.15, -0.1) is 0 Å². The number of carbonyl (C=O) groups is 1. The molecule has 15 heavy (non-hydrogen) atoms. The Balaban J connectivity index is 2.85. The monoisotopic (exact) mass is 224 g/mol. The number of ether oxygens (including phenoxy) is 1. The number of benzene rings is 1. The number of aliphatic hydroxyl groups is 1. The molecule has 78 valence electrons. The van der Waals surface area contributed by atoms with Crippen LogP contribution in [0.4, 0.5) is 0 Å². The van der Waals surface area contributed by atoms with Gasteiger partial charge < -0.3 is 9.84 Å². The van der Waals surface area contributed by atoms with E-state index in [0.29, 0.717) is 10.6 Å². The van der Waals surface area contributed by atoms with Crippen molar-refractivity contribution >= 4 is 17.6 Å². The first-order chi connectivity index (χ1) is 7.15. The molecule has 0 spiro atoms. The number of carbonyl (C=O) groups excluding carboxylic acids is 1. The van der Waals surface area contributed by atoms with E-state index >= 15 is 0 Å². The summed E-state index contributed by atoms with van der Waals surface area (Å²) in [7, 11) is 1.22. The van der Waals surface area contributed by atoms with Crippen molar-refractivity contribution in [3.05, 3.63) is 34.9 Å². The first-order valence-electron chi connectivity index (χ1n) is 4.17. The average molecular weight is 225 g/mol. The van der Waals surface area contributed by atoms with E-state index in [1.165, 1.54) is 7.11 Å². The fourth-order valence-electron chi connectivity index (χ4n) is 0.953. The fraction of sp³-hybridized carbons (Fsp3) is 0.182. The molecule has 1 atom stereocenters. The molecule has 1 N–H and O–H groups in total. The molecule has 0 saturated carbocycles. The summed E-state index contributed by atoms with van der Waals surface area (Å²) in [5.41, 5.74) is 0.468. The molecule has 0 bridgehead atoms. The normalized spacial score (nSPS) is 11.1. The molecule has 0 aliphatic heterocycles. The van der Waals surface area contributed by atoms with Gasteiger partial charge in [-0.3, -0.25) is 0 Å². The van der Waals surface area contributed by atoms with Crippen molar-refractivity contribution in [3.63, 3.8) is 0 Å². The van der Waals surface area contributed by atoms with Crippen LogP contribution in [0.1, 0.15) is 11.7 Å². The average Bonchev–Trinajstić information content (AvgIpc) is 2.26. The maximum atomic E-state index is 10.7. The summed E-state index contributed by atoms with van der Waals surface area (Å²) in [4.78, 5) is 10.7. The zero-order chi connectivity index (χ0) is 11.3. The summed E-state index contributed by atoms with van der Waals surface area (Å²) in [5, 5.41) is 9.99. The second-order valence-corrected chi connectivity index (χ2v) is 3.09. The van der Waals surface area contributed by atoms with Crippen LogP contribution in [0.5, 0.6) is 0 Å². The second-order valence-electron chi connectivity index (χ2n) is 2.68. The van der Waals surface area contributed by atoms with Gasteiger partial charge in [0.2, 0.25) is 0 Å². The van der Waals surface area contributed by atoms with Gasteiger partial charge in [0.25, 0.3) is 0 Å². The standard InChI is InChI=1S/C11H9ClO3/c1-15-11(14)7-6-10(13)8-4-2-3-5-9(8)12/h2-5,10,13H,1H3. The van der Waals surface area contributed by atoms with Gasteiger partial charge in [0.15, 0.2) is 0 Å².